The number of hydrogen-bond donors (Lipinski definition) is 0. The minimum absolute atomic E-state index is 0.320. The molecule has 0 unspecified atom stereocenters. The van der Waals surface area contributed by atoms with Crippen molar-refractivity contribution in [3.05, 3.63) is 22.4 Å². The lowest BCUT2D eigenvalue weighted by molar-refractivity contribution is 0.0595. The highest BCUT2D eigenvalue weighted by molar-refractivity contribution is 9.10. The van der Waals surface area contributed by atoms with Crippen LogP contribution in [0, 0.1) is 0 Å². The van der Waals surface area contributed by atoms with E-state index in [0.717, 1.165) is 10.2 Å². The third kappa shape index (κ3) is 2.23. The van der Waals surface area contributed by atoms with Gasteiger partial charge in [-0.25, -0.2) is 9.78 Å². The molecule has 0 spiro atoms. The Morgan fingerprint density at radius 2 is 2.21 bits per heavy atom. The number of anilines is 1. The molecule has 0 fully saturated rings. The third-order valence-corrected chi connectivity index (χ3v) is 2.13. The summed E-state index contributed by atoms with van der Waals surface area (Å²) >= 11 is 3.29. The molecule has 1 aromatic heterocycles. The quantitative estimate of drug-likeness (QED) is 0.758. The third-order valence-electron chi connectivity index (χ3n) is 1.69. The van der Waals surface area contributed by atoms with Gasteiger partial charge in [-0.3, -0.25) is 0 Å². The summed E-state index contributed by atoms with van der Waals surface area (Å²) < 4.78 is 5.45. The lowest BCUT2D eigenvalue weighted by Gasteiger charge is -2.15. The highest BCUT2D eigenvalue weighted by Crippen LogP contribution is 2.21. The number of aromatic nitrogens is 1. The van der Waals surface area contributed by atoms with Gasteiger partial charge in [0, 0.05) is 24.8 Å². The smallest absolute Gasteiger partial charge is 0.358 e. The molecule has 0 N–H and O–H groups in total. The molecule has 76 valence electrons. The minimum Gasteiger partial charge on any atom is -0.464 e. The van der Waals surface area contributed by atoms with Gasteiger partial charge in [-0.15, -0.1) is 0 Å². The maximum atomic E-state index is 11.3. The first-order valence-corrected chi connectivity index (χ1v) is 4.76. The summed E-state index contributed by atoms with van der Waals surface area (Å²) in [4.78, 5) is 17.1. The van der Waals surface area contributed by atoms with Crippen LogP contribution in [0.4, 0.5) is 5.69 Å². The van der Waals surface area contributed by atoms with Crippen molar-refractivity contribution < 1.29 is 9.53 Å². The second kappa shape index (κ2) is 4.41. The second-order valence-corrected chi connectivity index (χ2v) is 3.82. The fraction of sp³-hybridized carbons (Fsp3) is 0.333. The van der Waals surface area contributed by atoms with Gasteiger partial charge in [-0.05, 0) is 22.0 Å². The van der Waals surface area contributed by atoms with Crippen LogP contribution < -0.4 is 4.90 Å². The molecular formula is C9H11BrN2O2. The van der Waals surface area contributed by atoms with Gasteiger partial charge in [0.15, 0.2) is 5.69 Å². The van der Waals surface area contributed by atoms with Gasteiger partial charge in [-0.2, -0.15) is 0 Å². The Morgan fingerprint density at radius 1 is 1.57 bits per heavy atom. The number of ether oxygens (including phenoxy) is 1. The summed E-state index contributed by atoms with van der Waals surface area (Å²) in [6.45, 7) is 0. The van der Waals surface area contributed by atoms with Crippen LogP contribution in [0.3, 0.4) is 0 Å². The van der Waals surface area contributed by atoms with Crippen molar-refractivity contribution >= 4 is 27.6 Å². The minimum atomic E-state index is -0.429. The predicted molar refractivity (Wildman–Crippen MR) is 57.6 cm³/mol. The van der Waals surface area contributed by atoms with Crippen molar-refractivity contribution in [3.8, 4) is 0 Å². The number of esters is 1. The van der Waals surface area contributed by atoms with Crippen molar-refractivity contribution in [2.45, 2.75) is 0 Å². The number of nitrogens with zero attached hydrogens (tertiary/aromatic N) is 2. The van der Waals surface area contributed by atoms with Crippen molar-refractivity contribution in [2.24, 2.45) is 0 Å². The first-order chi connectivity index (χ1) is 6.56. The lowest BCUT2D eigenvalue weighted by atomic mass is 10.3. The Morgan fingerprint density at radius 3 is 2.71 bits per heavy atom. The van der Waals surface area contributed by atoms with Gasteiger partial charge < -0.3 is 9.64 Å². The van der Waals surface area contributed by atoms with E-state index >= 15 is 0 Å². The van der Waals surface area contributed by atoms with E-state index in [1.807, 2.05) is 25.1 Å². The highest BCUT2D eigenvalue weighted by atomic mass is 79.9. The zero-order chi connectivity index (χ0) is 10.7. The molecule has 0 aliphatic carbocycles. The summed E-state index contributed by atoms with van der Waals surface area (Å²) in [5.74, 6) is -0.429. The van der Waals surface area contributed by atoms with Gasteiger partial charge >= 0.3 is 5.97 Å². The largest absolute Gasteiger partial charge is 0.464 e. The Kier molecular flexibility index (Phi) is 3.46. The normalized spacial score (nSPS) is 9.71. The zero-order valence-corrected chi connectivity index (χ0v) is 9.83. The van der Waals surface area contributed by atoms with Crippen LogP contribution in [0.15, 0.2) is 16.7 Å². The summed E-state index contributed by atoms with van der Waals surface area (Å²) in [5.41, 5.74) is 1.05. The average Bonchev–Trinajstić information content (AvgIpc) is 2.16. The van der Waals surface area contributed by atoms with Crippen molar-refractivity contribution in [2.75, 3.05) is 26.1 Å². The molecule has 5 heteroatoms. The Hall–Kier alpha value is -1.10. The number of methoxy groups -OCH3 is 1. The summed E-state index contributed by atoms with van der Waals surface area (Å²) in [7, 11) is 5.03. The zero-order valence-electron chi connectivity index (χ0n) is 8.24. The molecule has 0 aromatic carbocycles. The molecule has 0 bridgehead atoms. The van der Waals surface area contributed by atoms with Crippen LogP contribution in [0.5, 0.6) is 0 Å². The van der Waals surface area contributed by atoms with Crippen LogP contribution in [0.2, 0.25) is 0 Å². The van der Waals surface area contributed by atoms with Gasteiger partial charge in [-0.1, -0.05) is 0 Å². The van der Waals surface area contributed by atoms with Crippen LogP contribution in [-0.4, -0.2) is 32.2 Å². The Labute approximate surface area is 91.0 Å². The average molecular weight is 259 g/mol. The summed E-state index contributed by atoms with van der Waals surface area (Å²) in [6.07, 6.45) is 1.57. The van der Waals surface area contributed by atoms with Crippen LogP contribution in [0.1, 0.15) is 10.5 Å². The maximum absolute atomic E-state index is 11.3. The first kappa shape index (κ1) is 11.0. The second-order valence-electron chi connectivity index (χ2n) is 2.91. The summed E-state index contributed by atoms with van der Waals surface area (Å²) in [5, 5.41) is 0. The topological polar surface area (TPSA) is 42.4 Å². The van der Waals surface area contributed by atoms with Crippen LogP contribution >= 0.6 is 15.9 Å². The standard InChI is InChI=1S/C9H11BrN2O2/c1-12(2)7-4-6(10)5-11-8(7)9(13)14-3/h4-5H,1-3H3. The number of carbonyl (C=O) groups excluding carboxylic acids is 1. The molecule has 0 radical (unpaired) electrons. The monoisotopic (exact) mass is 258 g/mol. The Bertz CT molecular complexity index is 353. The van der Waals surface area contributed by atoms with E-state index in [0.29, 0.717) is 5.69 Å². The van der Waals surface area contributed by atoms with E-state index in [1.165, 1.54) is 7.11 Å². The number of rotatable bonds is 2. The molecule has 0 aliphatic heterocycles. The predicted octanol–water partition coefficient (Wildman–Crippen LogP) is 1.70. The SMILES string of the molecule is COC(=O)c1ncc(Br)cc1N(C)C. The van der Waals surface area contributed by atoms with Gasteiger partial charge in [0.05, 0.1) is 12.8 Å². The van der Waals surface area contributed by atoms with Crippen molar-refractivity contribution in [1.29, 1.82) is 0 Å². The fourth-order valence-electron chi connectivity index (χ4n) is 1.02. The highest BCUT2D eigenvalue weighted by Gasteiger charge is 2.15. The summed E-state index contributed by atoms with van der Waals surface area (Å²) in [6, 6.07) is 1.82. The molecule has 4 nitrogen and oxygen atoms in total. The van der Waals surface area contributed by atoms with E-state index in [2.05, 4.69) is 25.7 Å². The molecule has 0 atom stereocenters. The van der Waals surface area contributed by atoms with Gasteiger partial charge in [0.25, 0.3) is 0 Å². The fourth-order valence-corrected chi connectivity index (χ4v) is 1.34. The van der Waals surface area contributed by atoms with Crippen molar-refractivity contribution in [1.82, 2.24) is 4.98 Å². The first-order valence-electron chi connectivity index (χ1n) is 3.97. The van der Waals surface area contributed by atoms with Gasteiger partial charge in [0.2, 0.25) is 0 Å². The van der Waals surface area contributed by atoms with E-state index in [1.54, 1.807) is 6.20 Å². The molecule has 14 heavy (non-hydrogen) atoms. The molecular weight excluding hydrogens is 248 g/mol. The molecule has 1 rings (SSSR count). The molecule has 1 heterocycles. The number of pyridine rings is 1. The van der Waals surface area contributed by atoms with E-state index in [4.69, 9.17) is 0 Å². The number of carbonyl (C=O) groups is 1. The van der Waals surface area contributed by atoms with Crippen LogP contribution in [-0.2, 0) is 4.74 Å². The van der Waals surface area contributed by atoms with E-state index in [-0.39, 0.29) is 0 Å². The van der Waals surface area contributed by atoms with E-state index in [9.17, 15) is 4.79 Å². The molecule has 0 amide bonds. The molecule has 1 aromatic rings. The molecule has 0 saturated heterocycles. The number of halogens is 1. The lowest BCUT2D eigenvalue weighted by Crippen LogP contribution is -2.16. The van der Waals surface area contributed by atoms with Crippen LogP contribution in [0.25, 0.3) is 0 Å². The van der Waals surface area contributed by atoms with Gasteiger partial charge in [0.1, 0.15) is 0 Å². The molecule has 0 aliphatic rings. The Balaban J connectivity index is 3.21. The molecule has 0 saturated carbocycles. The maximum Gasteiger partial charge on any atom is 0.358 e. The van der Waals surface area contributed by atoms with E-state index < -0.39 is 5.97 Å². The number of hydrogen-bond acceptors (Lipinski definition) is 4. The van der Waals surface area contributed by atoms with Crippen molar-refractivity contribution in [3.63, 3.8) is 0 Å².